The molecule has 0 bridgehead atoms. The van der Waals surface area contributed by atoms with Crippen LogP contribution >= 0.6 is 0 Å². The summed E-state index contributed by atoms with van der Waals surface area (Å²) in [5, 5.41) is 3.50. The molecule has 1 atom stereocenters. The molecule has 1 N–H and O–H groups in total. The van der Waals surface area contributed by atoms with Crippen molar-refractivity contribution in [3.63, 3.8) is 0 Å². The Labute approximate surface area is 124 Å². The zero-order chi connectivity index (χ0) is 14.7. The van der Waals surface area contributed by atoms with Crippen molar-refractivity contribution in [2.24, 2.45) is 7.05 Å². The Morgan fingerprint density at radius 1 is 1.29 bits per heavy atom. The van der Waals surface area contributed by atoms with Crippen LogP contribution in [0.5, 0.6) is 11.5 Å². The summed E-state index contributed by atoms with van der Waals surface area (Å²) in [7, 11) is 2.02. The number of fused-ring (bicyclic) bond motifs is 1. The second kappa shape index (κ2) is 6.18. The van der Waals surface area contributed by atoms with Gasteiger partial charge in [-0.2, -0.15) is 0 Å². The Balaban J connectivity index is 1.55. The first-order valence-corrected chi connectivity index (χ1v) is 7.33. The maximum Gasteiger partial charge on any atom is 0.161 e. The van der Waals surface area contributed by atoms with Gasteiger partial charge in [0.1, 0.15) is 19.0 Å². The Kier molecular flexibility index (Phi) is 4.10. The number of imidazole rings is 1. The van der Waals surface area contributed by atoms with Crippen molar-refractivity contribution in [2.45, 2.75) is 19.4 Å². The predicted molar refractivity (Wildman–Crippen MR) is 80.8 cm³/mol. The summed E-state index contributed by atoms with van der Waals surface area (Å²) in [5.74, 6) is 2.76. The van der Waals surface area contributed by atoms with Crippen LogP contribution in [0.2, 0.25) is 0 Å². The molecule has 0 saturated carbocycles. The molecule has 21 heavy (non-hydrogen) atoms. The highest BCUT2D eigenvalue weighted by Crippen LogP contribution is 2.30. The topological polar surface area (TPSA) is 48.3 Å². The molecule has 0 spiro atoms. The third kappa shape index (κ3) is 3.19. The number of hydrogen-bond acceptors (Lipinski definition) is 4. The van der Waals surface area contributed by atoms with E-state index < -0.39 is 0 Å². The predicted octanol–water partition coefficient (Wildman–Crippen LogP) is 2.08. The number of nitrogens with zero attached hydrogens (tertiary/aromatic N) is 2. The fourth-order valence-corrected chi connectivity index (χ4v) is 2.56. The fourth-order valence-electron chi connectivity index (χ4n) is 2.56. The van der Waals surface area contributed by atoms with E-state index in [4.69, 9.17) is 9.47 Å². The molecule has 1 aromatic heterocycles. The van der Waals surface area contributed by atoms with Crippen LogP contribution in [0, 0.1) is 0 Å². The molecule has 0 amide bonds. The summed E-state index contributed by atoms with van der Waals surface area (Å²) in [6, 6.07) is 6.40. The fraction of sp³-hybridized carbons (Fsp3) is 0.438. The van der Waals surface area contributed by atoms with E-state index in [0.717, 1.165) is 30.3 Å². The Bertz CT molecular complexity index is 609. The lowest BCUT2D eigenvalue weighted by atomic mass is 10.1. The van der Waals surface area contributed by atoms with E-state index >= 15 is 0 Å². The second-order valence-electron chi connectivity index (χ2n) is 5.30. The van der Waals surface area contributed by atoms with Gasteiger partial charge in [0.15, 0.2) is 11.5 Å². The Morgan fingerprint density at radius 3 is 2.86 bits per heavy atom. The molecule has 5 nitrogen and oxygen atoms in total. The molecule has 3 rings (SSSR count). The summed E-state index contributed by atoms with van der Waals surface area (Å²) < 4.78 is 13.2. The molecule has 0 saturated heterocycles. The molecule has 1 unspecified atom stereocenters. The van der Waals surface area contributed by atoms with E-state index in [9.17, 15) is 0 Å². The van der Waals surface area contributed by atoms with Crippen molar-refractivity contribution in [2.75, 3.05) is 19.8 Å². The molecule has 1 aliphatic rings. The van der Waals surface area contributed by atoms with E-state index in [1.54, 1.807) is 0 Å². The highest BCUT2D eigenvalue weighted by Gasteiger charge is 2.12. The van der Waals surface area contributed by atoms with Crippen LogP contribution in [0.25, 0.3) is 0 Å². The van der Waals surface area contributed by atoms with Crippen LogP contribution in [0.3, 0.4) is 0 Å². The summed E-state index contributed by atoms with van der Waals surface area (Å²) >= 11 is 0. The Morgan fingerprint density at radius 2 is 2.10 bits per heavy atom. The SMILES string of the molecule is CC(NCCc1ccc2c(c1)OCCO2)c1nccn1C. The summed E-state index contributed by atoms with van der Waals surface area (Å²) in [5.41, 5.74) is 1.25. The molecule has 0 aliphatic carbocycles. The molecular weight excluding hydrogens is 266 g/mol. The minimum Gasteiger partial charge on any atom is -0.486 e. The van der Waals surface area contributed by atoms with Gasteiger partial charge in [0, 0.05) is 19.4 Å². The highest BCUT2D eigenvalue weighted by atomic mass is 16.6. The van der Waals surface area contributed by atoms with Gasteiger partial charge in [-0.25, -0.2) is 4.98 Å². The summed E-state index contributed by atoms with van der Waals surface area (Å²) in [4.78, 5) is 4.36. The van der Waals surface area contributed by atoms with Crippen molar-refractivity contribution in [1.82, 2.24) is 14.9 Å². The van der Waals surface area contributed by atoms with Gasteiger partial charge in [0.05, 0.1) is 6.04 Å². The standard InChI is InChI=1S/C16H21N3O2/c1-12(16-18-7-8-19(16)2)17-6-5-13-3-4-14-15(11-13)21-10-9-20-14/h3-4,7-8,11-12,17H,5-6,9-10H2,1-2H3. The van der Waals surface area contributed by atoms with Gasteiger partial charge in [0.25, 0.3) is 0 Å². The number of aromatic nitrogens is 2. The van der Waals surface area contributed by atoms with Gasteiger partial charge in [-0.05, 0) is 37.6 Å². The van der Waals surface area contributed by atoms with Crippen molar-refractivity contribution in [1.29, 1.82) is 0 Å². The Hall–Kier alpha value is -2.01. The number of aryl methyl sites for hydroxylation is 1. The smallest absolute Gasteiger partial charge is 0.161 e. The van der Waals surface area contributed by atoms with Crippen LogP contribution < -0.4 is 14.8 Å². The average molecular weight is 287 g/mol. The normalized spacial score (nSPS) is 15.0. The third-order valence-corrected chi connectivity index (χ3v) is 3.72. The zero-order valence-corrected chi connectivity index (χ0v) is 12.5. The van der Waals surface area contributed by atoms with Crippen LogP contribution in [-0.2, 0) is 13.5 Å². The molecule has 112 valence electrons. The molecule has 2 heterocycles. The maximum absolute atomic E-state index is 5.61. The van der Waals surface area contributed by atoms with Gasteiger partial charge in [-0.3, -0.25) is 0 Å². The van der Waals surface area contributed by atoms with Crippen LogP contribution in [0.4, 0.5) is 0 Å². The largest absolute Gasteiger partial charge is 0.486 e. The van der Waals surface area contributed by atoms with Crippen molar-refractivity contribution in [3.8, 4) is 11.5 Å². The zero-order valence-electron chi connectivity index (χ0n) is 12.5. The van der Waals surface area contributed by atoms with Crippen LogP contribution in [0.15, 0.2) is 30.6 Å². The van der Waals surface area contributed by atoms with E-state index in [1.165, 1.54) is 5.56 Å². The van der Waals surface area contributed by atoms with Gasteiger partial charge in [-0.15, -0.1) is 0 Å². The number of nitrogens with one attached hydrogen (secondary N) is 1. The number of rotatable bonds is 5. The quantitative estimate of drug-likeness (QED) is 0.915. The van der Waals surface area contributed by atoms with E-state index in [1.807, 2.05) is 30.1 Å². The second-order valence-corrected chi connectivity index (χ2v) is 5.30. The monoisotopic (exact) mass is 287 g/mol. The average Bonchev–Trinajstić information content (AvgIpc) is 2.93. The van der Waals surface area contributed by atoms with E-state index in [-0.39, 0.29) is 6.04 Å². The van der Waals surface area contributed by atoms with E-state index in [2.05, 4.69) is 29.4 Å². The lowest BCUT2D eigenvalue weighted by molar-refractivity contribution is 0.171. The first kappa shape index (κ1) is 13.9. The van der Waals surface area contributed by atoms with Gasteiger partial charge >= 0.3 is 0 Å². The van der Waals surface area contributed by atoms with Gasteiger partial charge < -0.3 is 19.4 Å². The molecule has 2 aromatic rings. The minimum atomic E-state index is 0.238. The lowest BCUT2D eigenvalue weighted by Gasteiger charge is -2.19. The number of ether oxygens (including phenoxy) is 2. The van der Waals surface area contributed by atoms with Crippen LogP contribution in [-0.4, -0.2) is 29.3 Å². The summed E-state index contributed by atoms with van der Waals surface area (Å²) in [6.45, 7) is 4.29. The molecule has 0 fully saturated rings. The highest BCUT2D eigenvalue weighted by molar-refractivity contribution is 5.43. The molecule has 1 aromatic carbocycles. The summed E-state index contributed by atoms with van der Waals surface area (Å²) in [6.07, 6.45) is 4.74. The number of benzene rings is 1. The first-order chi connectivity index (χ1) is 10.2. The molecule has 5 heteroatoms. The van der Waals surface area contributed by atoms with E-state index in [0.29, 0.717) is 13.2 Å². The van der Waals surface area contributed by atoms with Crippen molar-refractivity contribution in [3.05, 3.63) is 42.0 Å². The molecule has 1 aliphatic heterocycles. The van der Waals surface area contributed by atoms with Crippen LogP contribution in [0.1, 0.15) is 24.4 Å². The van der Waals surface area contributed by atoms with Gasteiger partial charge in [-0.1, -0.05) is 6.07 Å². The maximum atomic E-state index is 5.61. The number of hydrogen-bond donors (Lipinski definition) is 1. The third-order valence-electron chi connectivity index (χ3n) is 3.72. The first-order valence-electron chi connectivity index (χ1n) is 7.33. The van der Waals surface area contributed by atoms with Gasteiger partial charge in [0.2, 0.25) is 0 Å². The van der Waals surface area contributed by atoms with Crippen molar-refractivity contribution >= 4 is 0 Å². The minimum absolute atomic E-state index is 0.238. The lowest BCUT2D eigenvalue weighted by Crippen LogP contribution is -2.23. The molecule has 0 radical (unpaired) electrons. The van der Waals surface area contributed by atoms with Crippen molar-refractivity contribution < 1.29 is 9.47 Å². The molecular formula is C16H21N3O2.